The first kappa shape index (κ1) is 11.5. The van der Waals surface area contributed by atoms with Gasteiger partial charge in [-0.05, 0) is 38.0 Å². The van der Waals surface area contributed by atoms with Gasteiger partial charge in [-0.2, -0.15) is 4.98 Å². The van der Waals surface area contributed by atoms with Crippen molar-refractivity contribution in [2.45, 2.75) is 20.3 Å². The third-order valence-corrected chi connectivity index (χ3v) is 3.75. The molecule has 0 amide bonds. The molecule has 0 saturated heterocycles. The van der Waals surface area contributed by atoms with Crippen LogP contribution in [0.1, 0.15) is 17.1 Å². The molecule has 0 saturated carbocycles. The molecular weight excluding hydrogens is 250 g/mol. The molecule has 0 aliphatic carbocycles. The Morgan fingerprint density at radius 1 is 1.15 bits per heavy atom. The minimum atomic E-state index is 0.675. The van der Waals surface area contributed by atoms with E-state index in [0.717, 1.165) is 35.8 Å². The van der Waals surface area contributed by atoms with Crippen LogP contribution >= 0.6 is 0 Å². The number of nitrogens with zero attached hydrogens (tertiary/aromatic N) is 3. The van der Waals surface area contributed by atoms with E-state index in [0.29, 0.717) is 5.71 Å². The summed E-state index contributed by atoms with van der Waals surface area (Å²) in [5.41, 5.74) is 3.29. The van der Waals surface area contributed by atoms with Crippen LogP contribution in [0, 0.1) is 13.8 Å². The maximum atomic E-state index is 5.66. The van der Waals surface area contributed by atoms with Crippen LogP contribution in [-0.2, 0) is 6.42 Å². The molecule has 20 heavy (non-hydrogen) atoms. The lowest BCUT2D eigenvalue weighted by Gasteiger charge is -2.19. The molecule has 1 aliphatic heterocycles. The summed E-state index contributed by atoms with van der Waals surface area (Å²) in [5.74, 6) is 2.56. The number of aryl methyl sites for hydroxylation is 2. The van der Waals surface area contributed by atoms with Gasteiger partial charge >= 0.3 is 0 Å². The van der Waals surface area contributed by atoms with Crippen LogP contribution in [0.15, 0.2) is 34.7 Å². The van der Waals surface area contributed by atoms with E-state index in [4.69, 9.17) is 4.42 Å². The third-order valence-electron chi connectivity index (χ3n) is 3.75. The van der Waals surface area contributed by atoms with Crippen molar-refractivity contribution in [3.63, 3.8) is 0 Å². The molecule has 1 aromatic carbocycles. The monoisotopic (exact) mass is 265 g/mol. The zero-order valence-electron chi connectivity index (χ0n) is 11.6. The smallest absolute Gasteiger partial charge is 0.231 e. The summed E-state index contributed by atoms with van der Waals surface area (Å²) >= 11 is 0. The maximum Gasteiger partial charge on any atom is 0.231 e. The van der Waals surface area contributed by atoms with Crippen LogP contribution in [0.4, 0.5) is 11.5 Å². The van der Waals surface area contributed by atoms with Gasteiger partial charge in [0.1, 0.15) is 17.4 Å². The van der Waals surface area contributed by atoms with Crippen LogP contribution in [0.5, 0.6) is 0 Å². The van der Waals surface area contributed by atoms with Crippen molar-refractivity contribution in [2.75, 3.05) is 11.4 Å². The summed E-state index contributed by atoms with van der Waals surface area (Å²) in [7, 11) is 0. The standard InChI is InChI=1S/C16H15N3O/c1-10-9-13-15(17-11(2)18-16(13)20-10)19-8-7-12-5-3-4-6-14(12)19/h3-6,9H,7-8H2,1-2H3. The minimum absolute atomic E-state index is 0.675. The maximum absolute atomic E-state index is 5.66. The zero-order chi connectivity index (χ0) is 13.7. The van der Waals surface area contributed by atoms with Gasteiger partial charge in [0.15, 0.2) is 0 Å². The van der Waals surface area contributed by atoms with Gasteiger partial charge in [0, 0.05) is 12.2 Å². The minimum Gasteiger partial charge on any atom is -0.443 e. The number of hydrogen-bond donors (Lipinski definition) is 0. The van der Waals surface area contributed by atoms with Gasteiger partial charge in [-0.25, -0.2) is 4.98 Å². The second kappa shape index (κ2) is 4.07. The fraction of sp³-hybridized carbons (Fsp3) is 0.250. The fourth-order valence-electron chi connectivity index (χ4n) is 2.89. The molecule has 3 heterocycles. The first-order valence-corrected chi connectivity index (χ1v) is 6.82. The van der Waals surface area contributed by atoms with E-state index in [1.807, 2.05) is 19.9 Å². The van der Waals surface area contributed by atoms with E-state index in [9.17, 15) is 0 Å². The molecule has 1 aliphatic rings. The van der Waals surface area contributed by atoms with Gasteiger partial charge in [-0.15, -0.1) is 0 Å². The molecule has 4 heteroatoms. The molecule has 0 fully saturated rings. The lowest BCUT2D eigenvalue weighted by Crippen LogP contribution is -2.15. The number of fused-ring (bicyclic) bond motifs is 2. The molecule has 0 bridgehead atoms. The van der Waals surface area contributed by atoms with Crippen molar-refractivity contribution in [1.29, 1.82) is 0 Å². The highest BCUT2D eigenvalue weighted by Gasteiger charge is 2.24. The van der Waals surface area contributed by atoms with Gasteiger partial charge in [-0.1, -0.05) is 18.2 Å². The first-order chi connectivity index (χ1) is 9.72. The molecule has 100 valence electrons. The molecule has 0 N–H and O–H groups in total. The van der Waals surface area contributed by atoms with Gasteiger partial charge in [0.05, 0.1) is 5.39 Å². The quantitative estimate of drug-likeness (QED) is 0.675. The van der Waals surface area contributed by atoms with Gasteiger partial charge in [0.2, 0.25) is 5.71 Å². The number of hydrogen-bond acceptors (Lipinski definition) is 4. The number of anilines is 2. The van der Waals surface area contributed by atoms with E-state index in [-0.39, 0.29) is 0 Å². The van der Waals surface area contributed by atoms with Crippen molar-refractivity contribution in [2.24, 2.45) is 0 Å². The number of benzene rings is 1. The van der Waals surface area contributed by atoms with Gasteiger partial charge in [-0.3, -0.25) is 0 Å². The molecule has 0 radical (unpaired) electrons. The van der Waals surface area contributed by atoms with Crippen molar-refractivity contribution >= 4 is 22.6 Å². The number of furan rings is 1. The first-order valence-electron chi connectivity index (χ1n) is 6.82. The molecule has 0 spiro atoms. The predicted octanol–water partition coefficient (Wildman–Crippen LogP) is 3.53. The average Bonchev–Trinajstić information content (AvgIpc) is 3.00. The van der Waals surface area contributed by atoms with Gasteiger partial charge < -0.3 is 9.32 Å². The Kier molecular flexibility index (Phi) is 2.33. The van der Waals surface area contributed by atoms with Crippen LogP contribution in [0.25, 0.3) is 11.1 Å². The van der Waals surface area contributed by atoms with Gasteiger partial charge in [0.25, 0.3) is 0 Å². The number of para-hydroxylation sites is 1. The second-order valence-corrected chi connectivity index (χ2v) is 5.20. The summed E-state index contributed by atoms with van der Waals surface area (Å²) < 4.78 is 5.66. The Morgan fingerprint density at radius 2 is 2.00 bits per heavy atom. The van der Waals surface area contributed by atoms with Crippen LogP contribution in [0.2, 0.25) is 0 Å². The van der Waals surface area contributed by atoms with Crippen molar-refractivity contribution in [1.82, 2.24) is 9.97 Å². The summed E-state index contributed by atoms with van der Waals surface area (Å²) in [6.07, 6.45) is 1.05. The highest BCUT2D eigenvalue weighted by Crippen LogP contribution is 2.37. The average molecular weight is 265 g/mol. The van der Waals surface area contributed by atoms with Crippen LogP contribution in [-0.4, -0.2) is 16.5 Å². The van der Waals surface area contributed by atoms with Crippen molar-refractivity contribution in [3.8, 4) is 0 Å². The largest absolute Gasteiger partial charge is 0.443 e. The van der Waals surface area contributed by atoms with E-state index < -0.39 is 0 Å². The van der Waals surface area contributed by atoms with Crippen LogP contribution in [0.3, 0.4) is 0 Å². The highest BCUT2D eigenvalue weighted by atomic mass is 16.3. The summed E-state index contributed by atoms with van der Waals surface area (Å²) in [6, 6.07) is 10.5. The molecule has 4 nitrogen and oxygen atoms in total. The van der Waals surface area contributed by atoms with E-state index in [2.05, 4.69) is 39.1 Å². The highest BCUT2D eigenvalue weighted by molar-refractivity contribution is 5.90. The Labute approximate surface area is 117 Å². The fourth-order valence-corrected chi connectivity index (χ4v) is 2.89. The number of aromatic nitrogens is 2. The van der Waals surface area contributed by atoms with E-state index in [1.165, 1.54) is 11.3 Å². The third kappa shape index (κ3) is 1.61. The summed E-state index contributed by atoms with van der Waals surface area (Å²) in [6.45, 7) is 4.80. The van der Waals surface area contributed by atoms with Crippen molar-refractivity contribution in [3.05, 3.63) is 47.5 Å². The SMILES string of the molecule is Cc1nc(N2CCc3ccccc32)c2cc(C)oc2n1. The van der Waals surface area contributed by atoms with E-state index >= 15 is 0 Å². The molecule has 0 unspecified atom stereocenters. The van der Waals surface area contributed by atoms with E-state index in [1.54, 1.807) is 0 Å². The zero-order valence-corrected chi connectivity index (χ0v) is 11.6. The topological polar surface area (TPSA) is 42.2 Å². The Bertz CT molecular complexity index is 807. The Balaban J connectivity index is 1.95. The Hall–Kier alpha value is -2.36. The summed E-state index contributed by atoms with van der Waals surface area (Å²) in [5, 5.41) is 0.991. The molecule has 3 aromatic rings. The molecule has 2 aromatic heterocycles. The normalized spacial score (nSPS) is 14.0. The van der Waals surface area contributed by atoms with Crippen molar-refractivity contribution < 1.29 is 4.42 Å². The lowest BCUT2D eigenvalue weighted by atomic mass is 10.2. The predicted molar refractivity (Wildman–Crippen MR) is 78.4 cm³/mol. The summed E-state index contributed by atoms with van der Waals surface area (Å²) in [4.78, 5) is 11.3. The van der Waals surface area contributed by atoms with Crippen LogP contribution < -0.4 is 4.90 Å². The molecule has 0 atom stereocenters. The lowest BCUT2D eigenvalue weighted by molar-refractivity contribution is 0.566. The second-order valence-electron chi connectivity index (χ2n) is 5.20. The number of rotatable bonds is 1. The molecular formula is C16H15N3O. The molecule has 4 rings (SSSR count). The Morgan fingerprint density at radius 3 is 2.90 bits per heavy atom.